The first-order valence-corrected chi connectivity index (χ1v) is 24.1. The Labute approximate surface area is 413 Å². The van der Waals surface area contributed by atoms with Crippen LogP contribution in [-0.4, -0.2) is 75.9 Å². The Kier molecular flexibility index (Phi) is 22.1. The number of Topliss-reactive ketones (excluding diaryl/α,β-unsaturated/α-hetero) is 1. The van der Waals surface area contributed by atoms with E-state index in [-0.39, 0.29) is 40.7 Å². The van der Waals surface area contributed by atoms with Gasteiger partial charge in [-0.3, -0.25) is 14.7 Å². The number of ketones is 1. The number of aromatic nitrogens is 4. The molecule has 0 saturated carbocycles. The molecule has 16 nitrogen and oxygen atoms in total. The normalized spacial score (nSPS) is 15.3. The van der Waals surface area contributed by atoms with E-state index in [1.807, 2.05) is 87.5 Å². The second kappa shape index (κ2) is 27.4. The summed E-state index contributed by atoms with van der Waals surface area (Å²) in [4.78, 5) is 54.4. The topological polar surface area (TPSA) is 200 Å². The number of aldehydes is 1. The van der Waals surface area contributed by atoms with Gasteiger partial charge in [-0.1, -0.05) is 112 Å². The van der Waals surface area contributed by atoms with Gasteiger partial charge in [-0.2, -0.15) is 9.97 Å². The van der Waals surface area contributed by atoms with Crippen molar-refractivity contribution in [2.24, 2.45) is 5.92 Å². The molecule has 1 unspecified atom stereocenters. The van der Waals surface area contributed by atoms with Gasteiger partial charge in [-0.15, -0.1) is 9.42 Å². The number of imidazole rings is 1. The second-order valence-electron chi connectivity index (χ2n) is 15.3. The molecule has 1 aliphatic heterocycles. The summed E-state index contributed by atoms with van der Waals surface area (Å²) in [6, 6.07) is 30.9. The minimum atomic E-state index is -2.79. The minimum absolute atomic E-state index is 0.00220. The fourth-order valence-corrected chi connectivity index (χ4v) is 7.81. The van der Waals surface area contributed by atoms with Crippen LogP contribution in [0.25, 0.3) is 11.2 Å². The average Bonchev–Trinajstić information content (AvgIpc) is 3.97. The van der Waals surface area contributed by atoms with Gasteiger partial charge in [0.15, 0.2) is 11.2 Å². The molecule has 4 atom stereocenters. The van der Waals surface area contributed by atoms with Gasteiger partial charge >= 0.3 is 8.25 Å². The Hall–Kier alpha value is -5.84. The number of carbonyl (C=O) groups is 3. The molecule has 2 aromatic heterocycles. The first-order chi connectivity index (χ1) is 33.2. The van der Waals surface area contributed by atoms with Crippen molar-refractivity contribution in [3.63, 3.8) is 0 Å². The summed E-state index contributed by atoms with van der Waals surface area (Å²) in [5.74, 6) is 1.41. The average molecular weight is 1010 g/mol. The number of rotatable bonds is 17. The second-order valence-corrected chi connectivity index (χ2v) is 16.8. The van der Waals surface area contributed by atoms with Crippen LogP contribution < -0.4 is 19.5 Å². The third-order valence-corrected chi connectivity index (χ3v) is 11.5. The van der Waals surface area contributed by atoms with Crippen LogP contribution in [0.1, 0.15) is 90.1 Å². The van der Waals surface area contributed by atoms with Crippen molar-refractivity contribution < 1.29 is 52.1 Å². The third kappa shape index (κ3) is 14.8. The Bertz CT molecular complexity index is 2550. The summed E-state index contributed by atoms with van der Waals surface area (Å²) in [6.45, 7) is 10.8. The minimum Gasteiger partial charge on any atom is -0.497 e. The molecule has 1 aliphatic rings. The summed E-state index contributed by atoms with van der Waals surface area (Å²) in [7, 11) is 2.28. The van der Waals surface area contributed by atoms with E-state index < -0.39 is 32.3 Å². The maximum atomic E-state index is 12.3. The molecule has 1 amide bonds. The van der Waals surface area contributed by atoms with Gasteiger partial charge in [0, 0.05) is 47.9 Å². The summed E-state index contributed by atoms with van der Waals surface area (Å²) < 4.78 is 46.8. The predicted octanol–water partition coefficient (Wildman–Crippen LogP) is 11.5. The van der Waals surface area contributed by atoms with Crippen LogP contribution >= 0.6 is 31.5 Å². The number of fused-ring (bicyclic) bond motifs is 1. The number of hydrogen-bond acceptors (Lipinski definition) is 13. The molecule has 19 heteroatoms. The summed E-state index contributed by atoms with van der Waals surface area (Å²) >= 11 is 12.3. The SMILES string of the molecule is CC.CC(=O)CCC=O.CC[C@H]1O[C@@H](n2cnc3c(Oc4cc(Cl)ccc4Cl)nc(NC(=O)C(C)C)nc32)C[C@H]1O[P+](=O)O.COc1ccc(C(OC)(c2ccccc2)c2ccc(OC)cc2)cc1. The highest BCUT2D eigenvalue weighted by Gasteiger charge is 2.42. The molecule has 2 N–H and O–H groups in total. The van der Waals surface area contributed by atoms with Crippen molar-refractivity contribution in [3.8, 4) is 23.1 Å². The lowest BCUT2D eigenvalue weighted by atomic mass is 9.80. The number of anilines is 1. The number of nitrogens with zero attached hydrogens (tertiary/aromatic N) is 4. The number of nitrogens with one attached hydrogen (secondary N) is 1. The Balaban J connectivity index is 0.000000265. The molecule has 0 bridgehead atoms. The zero-order valence-electron chi connectivity index (χ0n) is 40.1. The van der Waals surface area contributed by atoms with E-state index in [2.05, 4.69) is 32.4 Å². The van der Waals surface area contributed by atoms with E-state index in [1.165, 1.54) is 19.3 Å². The van der Waals surface area contributed by atoms with Crippen LogP contribution in [0, 0.1) is 5.92 Å². The summed E-state index contributed by atoms with van der Waals surface area (Å²) in [6.07, 6.45) is 2.31. The lowest BCUT2D eigenvalue weighted by molar-refractivity contribution is -0.119. The molecule has 4 aromatic carbocycles. The maximum Gasteiger partial charge on any atom is 0.695 e. The number of benzene rings is 4. The molecule has 0 spiro atoms. The van der Waals surface area contributed by atoms with Crippen LogP contribution in [0.3, 0.4) is 0 Å². The van der Waals surface area contributed by atoms with E-state index in [1.54, 1.807) is 51.9 Å². The molecular formula is C50H59Cl2N5O11P+. The number of halogens is 2. The molecule has 3 heterocycles. The third-order valence-electron chi connectivity index (χ3n) is 10.5. The molecule has 0 aliphatic carbocycles. The highest BCUT2D eigenvalue weighted by molar-refractivity contribution is 7.32. The molecular weight excluding hydrogens is 948 g/mol. The highest BCUT2D eigenvalue weighted by atomic mass is 35.5. The standard InChI is InChI=1S/C22H22O3.C21H22Cl2N5O6P.C5H8O2.C2H6/c1-23-20-13-9-18(10-14-20)22(25-3,17-7-5-4-6-8-17)19-11-15-21(24-2)16-12-19;1-4-13-15(34-35(30)31)8-16(32-13)28-9-24-17-18(28)25-21(26-19(29)10(2)3)27-20(17)33-14-7-11(22)5-6-12(14)23;1-5(7)3-2-4-6;1-2/h4-16H,1-3H3;5-7,9-10,13,15-16H,4,8H2,1-3H3,(H-,25,26,27,29,30,31);4H,2-3H2,1H3;1-2H3/p+1/t;13-,15-,16-;;/m.1../s1. The fraction of sp³-hybridized carbons (Fsp3) is 0.360. The van der Waals surface area contributed by atoms with Gasteiger partial charge in [0.1, 0.15) is 47.3 Å². The molecule has 69 heavy (non-hydrogen) atoms. The van der Waals surface area contributed by atoms with Crippen LogP contribution in [0.15, 0.2) is 103 Å². The Morgan fingerprint density at radius 3 is 2.01 bits per heavy atom. The quantitative estimate of drug-likeness (QED) is 0.0497. The fourth-order valence-electron chi connectivity index (χ4n) is 7.04. The van der Waals surface area contributed by atoms with Crippen LogP contribution in [0.4, 0.5) is 5.95 Å². The molecule has 0 radical (unpaired) electrons. The van der Waals surface area contributed by atoms with E-state index in [4.69, 9.17) is 51.4 Å². The first kappa shape index (κ1) is 55.8. The Morgan fingerprint density at radius 1 is 0.928 bits per heavy atom. The largest absolute Gasteiger partial charge is 0.695 e. The van der Waals surface area contributed by atoms with E-state index in [9.17, 15) is 23.8 Å². The molecule has 1 saturated heterocycles. The van der Waals surface area contributed by atoms with Gasteiger partial charge in [0.2, 0.25) is 11.9 Å². The van der Waals surface area contributed by atoms with E-state index in [0.29, 0.717) is 41.4 Å². The van der Waals surface area contributed by atoms with E-state index >= 15 is 0 Å². The van der Waals surface area contributed by atoms with Crippen molar-refractivity contribution >= 4 is 66.5 Å². The highest BCUT2D eigenvalue weighted by Crippen LogP contribution is 2.42. The van der Waals surface area contributed by atoms with Crippen molar-refractivity contribution in [1.82, 2.24) is 19.5 Å². The van der Waals surface area contributed by atoms with Crippen molar-refractivity contribution in [1.29, 1.82) is 0 Å². The van der Waals surface area contributed by atoms with Crippen LogP contribution in [0.2, 0.25) is 10.0 Å². The van der Waals surface area contributed by atoms with Crippen molar-refractivity contribution in [2.75, 3.05) is 26.6 Å². The summed E-state index contributed by atoms with van der Waals surface area (Å²) in [5.41, 5.74) is 3.03. The number of amides is 1. The summed E-state index contributed by atoms with van der Waals surface area (Å²) in [5, 5.41) is 3.38. The van der Waals surface area contributed by atoms with E-state index in [0.717, 1.165) is 34.5 Å². The number of methoxy groups -OCH3 is 3. The molecule has 7 rings (SSSR count). The van der Waals surface area contributed by atoms with Gasteiger partial charge < -0.3 is 33.3 Å². The number of ether oxygens (including phenoxy) is 5. The van der Waals surface area contributed by atoms with Gasteiger partial charge in [0.05, 0.1) is 31.7 Å². The van der Waals surface area contributed by atoms with Crippen LogP contribution in [0.5, 0.6) is 23.1 Å². The van der Waals surface area contributed by atoms with Gasteiger partial charge in [-0.25, -0.2) is 4.98 Å². The van der Waals surface area contributed by atoms with Gasteiger partial charge in [-0.05, 0) is 66.4 Å². The lowest BCUT2D eigenvalue weighted by Crippen LogP contribution is -2.31. The maximum absolute atomic E-state index is 12.3. The zero-order valence-corrected chi connectivity index (χ0v) is 42.5. The monoisotopic (exact) mass is 1010 g/mol. The number of carbonyl (C=O) groups excluding carboxylic acids is 3. The van der Waals surface area contributed by atoms with Crippen molar-refractivity contribution in [2.45, 2.75) is 91.3 Å². The molecule has 6 aromatic rings. The van der Waals surface area contributed by atoms with Crippen LogP contribution in [-0.2, 0) is 38.5 Å². The molecule has 1 fully saturated rings. The Morgan fingerprint density at radius 2 is 1.52 bits per heavy atom. The van der Waals surface area contributed by atoms with Crippen molar-refractivity contribution in [3.05, 3.63) is 130 Å². The van der Waals surface area contributed by atoms with Gasteiger partial charge in [0.25, 0.3) is 5.88 Å². The molecule has 368 valence electrons. The smallest absolute Gasteiger partial charge is 0.497 e. The number of hydrogen-bond donors (Lipinski definition) is 2. The lowest BCUT2D eigenvalue weighted by Gasteiger charge is -2.34. The predicted molar refractivity (Wildman–Crippen MR) is 265 cm³/mol. The zero-order chi connectivity index (χ0) is 50.7. The first-order valence-electron chi connectivity index (χ1n) is 22.2.